The van der Waals surface area contributed by atoms with Crippen molar-refractivity contribution < 1.29 is 62.8 Å². The van der Waals surface area contributed by atoms with Gasteiger partial charge < -0.3 is 34.8 Å². The molecule has 0 aromatic heterocycles. The highest BCUT2D eigenvalue weighted by Crippen LogP contribution is 2.43. The molecule has 0 bridgehead atoms. The molecule has 0 amide bonds. The number of ether oxygens (including phenoxy) is 2. The van der Waals surface area contributed by atoms with Crippen molar-refractivity contribution in [1.82, 2.24) is 0 Å². The van der Waals surface area contributed by atoms with Crippen molar-refractivity contribution in [2.75, 3.05) is 26.4 Å². The first kappa shape index (κ1) is 57.1. The van der Waals surface area contributed by atoms with Crippen LogP contribution >= 0.6 is 7.82 Å². The van der Waals surface area contributed by atoms with Gasteiger partial charge in [0.25, 0.3) is 0 Å². The molecule has 1 saturated carbocycles. The molecule has 0 aliphatic heterocycles. The Labute approximate surface area is 368 Å². The van der Waals surface area contributed by atoms with Crippen LogP contribution in [0.3, 0.4) is 0 Å². The van der Waals surface area contributed by atoms with E-state index in [9.17, 15) is 39.2 Å². The summed E-state index contributed by atoms with van der Waals surface area (Å²) in [5, 5.41) is 39.1. The summed E-state index contributed by atoms with van der Waals surface area (Å²) < 4.78 is 32.7. The van der Waals surface area contributed by atoms with E-state index in [0.29, 0.717) is 32.1 Å². The summed E-state index contributed by atoms with van der Waals surface area (Å²) >= 11 is 0. The molecule has 356 valence electrons. The summed E-state index contributed by atoms with van der Waals surface area (Å²) in [6, 6.07) is 0. The number of ketones is 1. The lowest BCUT2D eigenvalue weighted by Gasteiger charge is -2.20. The molecule has 0 aromatic rings. The number of hydrogen-bond donors (Lipinski definition) is 5. The molecule has 1 rings (SSSR count). The number of esters is 2. The van der Waals surface area contributed by atoms with Crippen molar-refractivity contribution in [2.24, 2.45) is 17.8 Å². The van der Waals surface area contributed by atoms with Crippen LogP contribution in [0.25, 0.3) is 0 Å². The van der Waals surface area contributed by atoms with Gasteiger partial charge in [-0.05, 0) is 38.0 Å². The molecular formula is C47H85O13P. The summed E-state index contributed by atoms with van der Waals surface area (Å²) in [5.74, 6) is -1.07. The number of carbonyl (C=O) groups is 3. The largest absolute Gasteiger partial charge is 0.472 e. The van der Waals surface area contributed by atoms with Gasteiger partial charge in [-0.2, -0.15) is 0 Å². The van der Waals surface area contributed by atoms with E-state index >= 15 is 0 Å². The topological polar surface area (TPSA) is 206 Å². The van der Waals surface area contributed by atoms with E-state index in [2.05, 4.69) is 25.3 Å². The van der Waals surface area contributed by atoms with Crippen LogP contribution in [0.2, 0.25) is 0 Å². The van der Waals surface area contributed by atoms with Crippen LogP contribution in [0.5, 0.6) is 0 Å². The fourth-order valence-electron chi connectivity index (χ4n) is 7.36. The lowest BCUT2D eigenvalue weighted by atomic mass is 9.90. The first-order valence-corrected chi connectivity index (χ1v) is 25.3. The molecule has 0 radical (unpaired) electrons. The van der Waals surface area contributed by atoms with Gasteiger partial charge >= 0.3 is 19.8 Å². The number of phosphoric acid groups is 1. The van der Waals surface area contributed by atoms with Gasteiger partial charge in [0, 0.05) is 31.1 Å². The van der Waals surface area contributed by atoms with E-state index in [0.717, 1.165) is 44.4 Å². The first-order chi connectivity index (χ1) is 29.3. The van der Waals surface area contributed by atoms with E-state index in [1.165, 1.54) is 77.0 Å². The monoisotopic (exact) mass is 889 g/mol. The van der Waals surface area contributed by atoms with Gasteiger partial charge in [0.15, 0.2) is 6.10 Å². The molecule has 13 nitrogen and oxygen atoms in total. The number of allylic oxidation sites excluding steroid dienone is 3. The number of aliphatic hydroxyl groups excluding tert-OH is 4. The van der Waals surface area contributed by atoms with Crippen LogP contribution in [0.1, 0.15) is 188 Å². The Morgan fingerprint density at radius 2 is 1.34 bits per heavy atom. The number of carbonyl (C=O) groups excluding carboxylic acids is 3. The molecule has 0 saturated heterocycles. The molecule has 5 N–H and O–H groups in total. The van der Waals surface area contributed by atoms with Crippen molar-refractivity contribution >= 4 is 25.5 Å². The molecular weight excluding hydrogens is 803 g/mol. The maximum Gasteiger partial charge on any atom is 0.472 e. The highest BCUT2D eigenvalue weighted by atomic mass is 31.2. The molecule has 2 unspecified atom stereocenters. The van der Waals surface area contributed by atoms with E-state index in [4.69, 9.17) is 19.1 Å². The zero-order chi connectivity index (χ0) is 45.1. The third-order valence-corrected chi connectivity index (χ3v) is 12.5. The smallest absolute Gasteiger partial charge is 0.462 e. The fraction of sp³-hybridized carbons (Fsp3) is 0.851. The second-order valence-corrected chi connectivity index (χ2v) is 18.6. The average molecular weight is 889 g/mol. The number of rotatable bonds is 40. The van der Waals surface area contributed by atoms with Gasteiger partial charge in [-0.1, -0.05) is 161 Å². The number of Topliss-reactive ketones (excluding diaryl/α,β-unsaturated/α-hetero) is 1. The second kappa shape index (κ2) is 36.4. The van der Waals surface area contributed by atoms with Gasteiger partial charge in [-0.3, -0.25) is 23.4 Å². The van der Waals surface area contributed by atoms with Gasteiger partial charge in [-0.15, -0.1) is 0 Å². The zero-order valence-electron chi connectivity index (χ0n) is 38.0. The Morgan fingerprint density at radius 3 is 1.95 bits per heavy atom. The molecule has 61 heavy (non-hydrogen) atoms. The highest BCUT2D eigenvalue weighted by Gasteiger charge is 2.39. The molecule has 1 aliphatic rings. The van der Waals surface area contributed by atoms with Crippen LogP contribution < -0.4 is 0 Å². The number of phosphoric ester groups is 1. The van der Waals surface area contributed by atoms with Crippen LogP contribution in [-0.4, -0.2) is 93.9 Å². The van der Waals surface area contributed by atoms with Crippen molar-refractivity contribution in [2.45, 2.75) is 212 Å². The Morgan fingerprint density at radius 1 is 0.770 bits per heavy atom. The second-order valence-electron chi connectivity index (χ2n) is 17.2. The predicted octanol–water partition coefficient (Wildman–Crippen LogP) is 9.40. The maximum absolute atomic E-state index is 12.7. The minimum absolute atomic E-state index is 0.00464. The van der Waals surface area contributed by atoms with Crippen molar-refractivity contribution in [1.29, 1.82) is 0 Å². The highest BCUT2D eigenvalue weighted by molar-refractivity contribution is 7.47. The standard InChI is InChI=1S/C47H85O13P/c1-4-6-21-27-39(49)31-32-43-42(44(51)33-45(43)52)28-23-19-20-25-30-47(54)60-41(37-59-61(55,56)58-35-40(50)34-48)36-57-46(53)29-24-18-16-14-12-10-8-7-9-11-13-15-17-22-26-38(3)5-2/h19,23,31-32,38-44,48-51H,4-18,20-22,24-30,33-37H2,1-3H3,(H,55,56)/b23-19-,32-31+/t38?,39-,40-,41+,42+,43+,44-/m0/s1. The molecule has 14 heteroatoms. The Kier molecular flexibility index (Phi) is 34.0. The number of aliphatic hydroxyl groups is 4. The number of unbranched alkanes of at least 4 members (excludes halogenated alkanes) is 16. The minimum atomic E-state index is -4.69. The quantitative estimate of drug-likeness (QED) is 0.0168. The van der Waals surface area contributed by atoms with Crippen LogP contribution in [0.4, 0.5) is 0 Å². The Balaban J connectivity index is 2.42. The zero-order valence-corrected chi connectivity index (χ0v) is 38.9. The van der Waals surface area contributed by atoms with Crippen molar-refractivity contribution in [3.05, 3.63) is 24.3 Å². The first-order valence-electron chi connectivity index (χ1n) is 23.8. The third-order valence-electron chi connectivity index (χ3n) is 11.5. The van der Waals surface area contributed by atoms with E-state index in [-0.39, 0.29) is 31.0 Å². The van der Waals surface area contributed by atoms with Crippen LogP contribution in [0, 0.1) is 17.8 Å². The van der Waals surface area contributed by atoms with Gasteiger partial charge in [-0.25, -0.2) is 4.57 Å². The minimum Gasteiger partial charge on any atom is -0.462 e. The molecule has 1 aliphatic carbocycles. The molecule has 0 aromatic carbocycles. The lowest BCUT2D eigenvalue weighted by Crippen LogP contribution is -2.29. The van der Waals surface area contributed by atoms with Gasteiger partial charge in [0.1, 0.15) is 18.5 Å². The normalized spacial score (nSPS) is 19.9. The summed E-state index contributed by atoms with van der Waals surface area (Å²) in [4.78, 5) is 47.8. The maximum atomic E-state index is 12.7. The van der Waals surface area contributed by atoms with Crippen molar-refractivity contribution in [3.63, 3.8) is 0 Å². The number of hydrogen-bond acceptors (Lipinski definition) is 12. The molecule has 1 fully saturated rings. The third kappa shape index (κ3) is 30.7. The van der Waals surface area contributed by atoms with E-state index in [1.54, 1.807) is 12.2 Å². The Hall–Kier alpha value is -1.96. The molecule has 0 spiro atoms. The summed E-state index contributed by atoms with van der Waals surface area (Å²) in [6.45, 7) is 4.35. The SMILES string of the molecule is CCCCC[C@H](O)/C=C/[C@H]1C(=O)C[C@H](O)[C@@H]1C/C=C\CCCC(=O)O[C@H](COC(=O)CCCCCCCCCCCCCCCCC(C)CC)COP(=O)(O)OC[C@@H](O)CO. The van der Waals surface area contributed by atoms with E-state index < -0.39 is 76.5 Å². The van der Waals surface area contributed by atoms with Crippen LogP contribution in [0.15, 0.2) is 24.3 Å². The summed E-state index contributed by atoms with van der Waals surface area (Å²) in [5.41, 5.74) is 0. The molecule has 0 heterocycles. The van der Waals surface area contributed by atoms with E-state index in [1.807, 2.05) is 12.2 Å². The van der Waals surface area contributed by atoms with Gasteiger partial charge in [0.2, 0.25) is 0 Å². The van der Waals surface area contributed by atoms with Crippen molar-refractivity contribution in [3.8, 4) is 0 Å². The summed E-state index contributed by atoms with van der Waals surface area (Å²) in [6.07, 6.45) is 27.9. The molecule has 8 atom stereocenters. The predicted molar refractivity (Wildman–Crippen MR) is 238 cm³/mol. The summed E-state index contributed by atoms with van der Waals surface area (Å²) in [7, 11) is -4.69. The lowest BCUT2D eigenvalue weighted by molar-refractivity contribution is -0.161. The Bertz CT molecular complexity index is 1240. The van der Waals surface area contributed by atoms with Gasteiger partial charge in [0.05, 0.1) is 32.0 Å². The van der Waals surface area contributed by atoms with Crippen LogP contribution in [-0.2, 0) is 37.5 Å². The fourth-order valence-corrected chi connectivity index (χ4v) is 8.15. The average Bonchev–Trinajstić information content (AvgIpc) is 3.51.